The maximum Gasteiger partial charge on any atom is 0.317 e. The van der Waals surface area contributed by atoms with Gasteiger partial charge >= 0.3 is 5.97 Å². The molecule has 2 rings (SSSR count). The highest BCUT2D eigenvalue weighted by atomic mass is 32.2. The molecular weight excluding hydrogens is 396 g/mol. The number of carbonyl (C=O) groups is 2. The zero-order valence-electron chi connectivity index (χ0n) is 16.6. The number of nitrogens with one attached hydrogen (secondary N) is 1. The van der Waals surface area contributed by atoms with Crippen molar-refractivity contribution in [3.05, 3.63) is 57.6 Å². The first kappa shape index (κ1) is 22.2. The van der Waals surface area contributed by atoms with Crippen molar-refractivity contribution >= 4 is 35.0 Å². The van der Waals surface area contributed by atoms with Gasteiger partial charge in [0, 0.05) is 17.0 Å². The Kier molecular flexibility index (Phi) is 7.60. The zero-order chi connectivity index (χ0) is 21.6. The van der Waals surface area contributed by atoms with Gasteiger partial charge in [-0.25, -0.2) is 0 Å². The van der Waals surface area contributed by atoms with Crippen molar-refractivity contribution < 1.29 is 24.0 Å². The molecule has 0 heterocycles. The van der Waals surface area contributed by atoms with Crippen LogP contribution in [0.2, 0.25) is 0 Å². The van der Waals surface area contributed by atoms with E-state index in [-0.39, 0.29) is 22.9 Å². The molecule has 0 radical (unpaired) electrons. The Morgan fingerprint density at radius 1 is 1.21 bits per heavy atom. The SMILES string of the molecule is COc1ccc([N+](=O)[O-])cc1NC(=O)[C@H](C)OC(=O)CSc1cc(C)ccc1C. The van der Waals surface area contributed by atoms with Gasteiger partial charge in [-0.2, -0.15) is 0 Å². The Morgan fingerprint density at radius 3 is 2.59 bits per heavy atom. The molecule has 0 aromatic heterocycles. The van der Waals surface area contributed by atoms with Gasteiger partial charge in [0.05, 0.1) is 23.5 Å². The Balaban J connectivity index is 1.96. The molecule has 0 aliphatic rings. The molecule has 8 nitrogen and oxygen atoms in total. The van der Waals surface area contributed by atoms with Crippen LogP contribution in [-0.4, -0.2) is 35.8 Å². The third-order valence-electron chi connectivity index (χ3n) is 4.02. The van der Waals surface area contributed by atoms with Gasteiger partial charge in [0.15, 0.2) is 6.10 Å². The summed E-state index contributed by atoms with van der Waals surface area (Å²) >= 11 is 1.34. The molecule has 0 bridgehead atoms. The topological polar surface area (TPSA) is 108 Å². The van der Waals surface area contributed by atoms with Gasteiger partial charge in [0.2, 0.25) is 0 Å². The Bertz CT molecular complexity index is 931. The predicted octanol–water partition coefficient (Wildman–Crippen LogP) is 3.88. The molecular formula is C20H22N2O6S. The maximum absolute atomic E-state index is 12.3. The number of esters is 1. The first-order valence-corrected chi connectivity index (χ1v) is 9.72. The minimum Gasteiger partial charge on any atom is -0.495 e. The van der Waals surface area contributed by atoms with Crippen molar-refractivity contribution in [2.24, 2.45) is 0 Å². The monoisotopic (exact) mass is 418 g/mol. The van der Waals surface area contributed by atoms with Crippen molar-refractivity contribution in [1.82, 2.24) is 0 Å². The van der Waals surface area contributed by atoms with E-state index >= 15 is 0 Å². The summed E-state index contributed by atoms with van der Waals surface area (Å²) in [5.41, 5.74) is 2.07. The van der Waals surface area contributed by atoms with E-state index < -0.39 is 22.9 Å². The van der Waals surface area contributed by atoms with Crippen LogP contribution in [0.3, 0.4) is 0 Å². The molecule has 9 heteroatoms. The van der Waals surface area contributed by atoms with Gasteiger partial charge < -0.3 is 14.8 Å². The number of nitro groups is 1. The molecule has 0 aliphatic heterocycles. The lowest BCUT2D eigenvalue weighted by molar-refractivity contribution is -0.384. The van der Waals surface area contributed by atoms with E-state index in [9.17, 15) is 19.7 Å². The summed E-state index contributed by atoms with van der Waals surface area (Å²) < 4.78 is 10.3. The van der Waals surface area contributed by atoms with Crippen LogP contribution >= 0.6 is 11.8 Å². The highest BCUT2D eigenvalue weighted by Gasteiger charge is 2.21. The van der Waals surface area contributed by atoms with Crippen LogP contribution in [0.5, 0.6) is 5.75 Å². The second kappa shape index (κ2) is 9.92. The van der Waals surface area contributed by atoms with E-state index in [1.165, 1.54) is 44.0 Å². The summed E-state index contributed by atoms with van der Waals surface area (Å²) in [4.78, 5) is 35.8. The lowest BCUT2D eigenvalue weighted by Crippen LogP contribution is -2.30. The predicted molar refractivity (Wildman–Crippen MR) is 110 cm³/mol. The van der Waals surface area contributed by atoms with Crippen LogP contribution in [0.1, 0.15) is 18.1 Å². The van der Waals surface area contributed by atoms with Gasteiger partial charge in [-0.1, -0.05) is 17.7 Å². The maximum atomic E-state index is 12.3. The number of nitrogens with zero attached hydrogens (tertiary/aromatic N) is 1. The smallest absolute Gasteiger partial charge is 0.317 e. The number of hydrogen-bond acceptors (Lipinski definition) is 7. The van der Waals surface area contributed by atoms with Crippen molar-refractivity contribution in [2.45, 2.75) is 31.8 Å². The van der Waals surface area contributed by atoms with Gasteiger partial charge in [-0.15, -0.1) is 11.8 Å². The number of amides is 1. The molecule has 2 aromatic carbocycles. The number of nitro benzene ring substituents is 1. The number of aryl methyl sites for hydroxylation is 2. The van der Waals surface area contributed by atoms with Crippen LogP contribution < -0.4 is 10.1 Å². The number of non-ortho nitro benzene ring substituents is 1. The van der Waals surface area contributed by atoms with E-state index in [0.717, 1.165) is 16.0 Å². The largest absolute Gasteiger partial charge is 0.495 e. The Hall–Kier alpha value is -3.07. The van der Waals surface area contributed by atoms with Crippen LogP contribution in [0.15, 0.2) is 41.3 Å². The highest BCUT2D eigenvalue weighted by molar-refractivity contribution is 8.00. The molecule has 1 N–H and O–H groups in total. The first-order valence-electron chi connectivity index (χ1n) is 8.74. The quantitative estimate of drug-likeness (QED) is 0.300. The second-order valence-electron chi connectivity index (χ2n) is 6.32. The fourth-order valence-electron chi connectivity index (χ4n) is 2.43. The normalized spacial score (nSPS) is 11.4. The van der Waals surface area contributed by atoms with Crippen molar-refractivity contribution in [2.75, 3.05) is 18.2 Å². The van der Waals surface area contributed by atoms with Crippen molar-refractivity contribution in [3.8, 4) is 5.75 Å². The second-order valence-corrected chi connectivity index (χ2v) is 7.34. The van der Waals surface area contributed by atoms with Gasteiger partial charge in [0.1, 0.15) is 5.75 Å². The van der Waals surface area contributed by atoms with Crippen LogP contribution in [-0.2, 0) is 14.3 Å². The van der Waals surface area contributed by atoms with E-state index in [4.69, 9.17) is 9.47 Å². The lowest BCUT2D eigenvalue weighted by atomic mass is 10.2. The van der Waals surface area contributed by atoms with Gasteiger partial charge in [-0.05, 0) is 38.5 Å². The number of ether oxygens (including phenoxy) is 2. The molecule has 0 spiro atoms. The molecule has 0 aliphatic carbocycles. The molecule has 2 aromatic rings. The third kappa shape index (κ3) is 6.21. The van der Waals surface area contributed by atoms with Crippen LogP contribution in [0.25, 0.3) is 0 Å². The number of methoxy groups -OCH3 is 1. The molecule has 29 heavy (non-hydrogen) atoms. The number of benzene rings is 2. The van der Waals surface area contributed by atoms with E-state index in [1.54, 1.807) is 0 Å². The molecule has 1 atom stereocenters. The minimum absolute atomic E-state index is 0.0576. The fourth-order valence-corrected chi connectivity index (χ4v) is 3.33. The van der Waals surface area contributed by atoms with Crippen LogP contribution in [0.4, 0.5) is 11.4 Å². The van der Waals surface area contributed by atoms with Crippen molar-refractivity contribution in [1.29, 1.82) is 0 Å². The summed E-state index contributed by atoms with van der Waals surface area (Å²) in [5, 5.41) is 13.4. The van der Waals surface area contributed by atoms with Gasteiger partial charge in [0.25, 0.3) is 11.6 Å². The van der Waals surface area contributed by atoms with Crippen molar-refractivity contribution in [3.63, 3.8) is 0 Å². The Morgan fingerprint density at radius 2 is 1.93 bits per heavy atom. The summed E-state index contributed by atoms with van der Waals surface area (Å²) in [6.45, 7) is 5.35. The summed E-state index contributed by atoms with van der Waals surface area (Å²) in [5.74, 6) is -0.839. The summed E-state index contributed by atoms with van der Waals surface area (Å²) in [7, 11) is 1.38. The summed E-state index contributed by atoms with van der Waals surface area (Å²) in [6.07, 6.45) is -1.08. The average Bonchev–Trinajstić information content (AvgIpc) is 2.68. The standard InChI is InChI=1S/C20H22N2O6S/c1-12-5-6-13(2)18(9-12)29-11-19(23)28-14(3)20(24)21-16-10-15(22(25)26)7-8-17(16)27-4/h5-10,14H,11H2,1-4H3,(H,21,24)/t14-/m0/s1. The molecule has 0 saturated carbocycles. The third-order valence-corrected chi connectivity index (χ3v) is 5.15. The number of thioether (sulfide) groups is 1. The number of anilines is 1. The molecule has 0 fully saturated rings. The molecule has 0 saturated heterocycles. The molecule has 1 amide bonds. The lowest BCUT2D eigenvalue weighted by Gasteiger charge is -2.15. The first-order chi connectivity index (χ1) is 13.7. The van der Waals surface area contributed by atoms with Crippen LogP contribution in [0, 0.1) is 24.0 Å². The van der Waals surface area contributed by atoms with E-state index in [2.05, 4.69) is 5.32 Å². The molecule has 0 unspecified atom stereocenters. The van der Waals surface area contributed by atoms with Gasteiger partial charge in [-0.3, -0.25) is 19.7 Å². The van der Waals surface area contributed by atoms with E-state index in [0.29, 0.717) is 0 Å². The Labute approximate surface area is 172 Å². The number of rotatable bonds is 8. The average molecular weight is 418 g/mol. The summed E-state index contributed by atoms with van der Waals surface area (Å²) in [6, 6.07) is 9.78. The fraction of sp³-hybridized carbons (Fsp3) is 0.300. The zero-order valence-corrected chi connectivity index (χ0v) is 17.4. The number of hydrogen-bond donors (Lipinski definition) is 1. The number of carbonyl (C=O) groups excluding carboxylic acids is 2. The molecule has 154 valence electrons. The van der Waals surface area contributed by atoms with E-state index in [1.807, 2.05) is 32.0 Å². The minimum atomic E-state index is -1.08. The highest BCUT2D eigenvalue weighted by Crippen LogP contribution is 2.29.